The average molecular weight is 307 g/mol. The van der Waals surface area contributed by atoms with Crippen LogP contribution in [0, 0.1) is 0 Å². The molecule has 1 aliphatic heterocycles. The molecular formula is C17H25NO2S. The van der Waals surface area contributed by atoms with Crippen LogP contribution in [-0.4, -0.2) is 30.8 Å². The van der Waals surface area contributed by atoms with Crippen LogP contribution in [0.1, 0.15) is 37.7 Å². The monoisotopic (exact) mass is 307 g/mol. The van der Waals surface area contributed by atoms with Gasteiger partial charge in [0.05, 0.1) is 13.2 Å². The molecule has 0 radical (unpaired) electrons. The number of benzene rings is 1. The largest absolute Gasteiger partial charge is 0.490 e. The molecule has 0 atom stereocenters. The molecule has 0 saturated heterocycles. The van der Waals surface area contributed by atoms with E-state index in [-0.39, 0.29) is 0 Å². The summed E-state index contributed by atoms with van der Waals surface area (Å²) < 4.78 is 11.9. The van der Waals surface area contributed by atoms with E-state index in [0.29, 0.717) is 4.75 Å². The maximum Gasteiger partial charge on any atom is 0.161 e. The summed E-state index contributed by atoms with van der Waals surface area (Å²) in [6.45, 7) is 3.50. The maximum absolute atomic E-state index is 5.75. The van der Waals surface area contributed by atoms with Crippen molar-refractivity contribution in [2.75, 3.05) is 26.0 Å². The molecule has 0 spiro atoms. The zero-order valence-corrected chi connectivity index (χ0v) is 13.6. The molecule has 1 saturated carbocycles. The number of hydrogen-bond donors (Lipinski definition) is 1. The highest BCUT2D eigenvalue weighted by Gasteiger charge is 2.32. The first kappa shape index (κ1) is 15.0. The predicted molar refractivity (Wildman–Crippen MR) is 88.5 cm³/mol. The van der Waals surface area contributed by atoms with Crippen molar-refractivity contribution in [2.45, 2.75) is 43.4 Å². The van der Waals surface area contributed by atoms with Gasteiger partial charge in [-0.05, 0) is 36.8 Å². The van der Waals surface area contributed by atoms with E-state index in [0.717, 1.165) is 44.2 Å². The molecule has 4 heteroatoms. The Bertz CT molecular complexity index is 472. The first-order chi connectivity index (χ1) is 10.3. The summed E-state index contributed by atoms with van der Waals surface area (Å²) in [5, 5.41) is 3.64. The summed E-state index contributed by atoms with van der Waals surface area (Å²) >= 11 is 2.03. The second kappa shape index (κ2) is 6.93. The van der Waals surface area contributed by atoms with E-state index in [4.69, 9.17) is 9.47 Å². The molecule has 0 aromatic heterocycles. The third kappa shape index (κ3) is 3.67. The van der Waals surface area contributed by atoms with Gasteiger partial charge >= 0.3 is 0 Å². The Morgan fingerprint density at radius 2 is 1.86 bits per heavy atom. The molecule has 1 aromatic carbocycles. The van der Waals surface area contributed by atoms with E-state index < -0.39 is 0 Å². The first-order valence-corrected chi connectivity index (χ1v) is 9.18. The molecular weight excluding hydrogens is 282 g/mol. The van der Waals surface area contributed by atoms with Crippen molar-refractivity contribution >= 4 is 11.8 Å². The third-order valence-corrected chi connectivity index (χ3v) is 5.95. The van der Waals surface area contributed by atoms with Gasteiger partial charge in [-0.2, -0.15) is 11.8 Å². The highest BCUT2D eigenvalue weighted by molar-refractivity contribution is 8.00. The van der Waals surface area contributed by atoms with Crippen LogP contribution in [0.5, 0.6) is 11.5 Å². The average Bonchev–Trinajstić information content (AvgIpc) is 2.86. The minimum Gasteiger partial charge on any atom is -0.490 e. The minimum absolute atomic E-state index is 0.464. The summed E-state index contributed by atoms with van der Waals surface area (Å²) in [6, 6.07) is 6.30. The van der Waals surface area contributed by atoms with Crippen LogP contribution in [0.25, 0.3) is 0 Å². The highest BCUT2D eigenvalue weighted by atomic mass is 32.2. The van der Waals surface area contributed by atoms with E-state index in [1.165, 1.54) is 31.2 Å². The van der Waals surface area contributed by atoms with Gasteiger partial charge in [-0.15, -0.1) is 0 Å². The Kier molecular flexibility index (Phi) is 4.96. The molecule has 0 unspecified atom stereocenters. The Morgan fingerprint density at radius 1 is 1.10 bits per heavy atom. The summed E-state index contributed by atoms with van der Waals surface area (Å²) in [6.07, 6.45) is 8.67. The standard InChI is InChI=1S/C17H25NO2S/c1-21-17(7-2-3-8-17)13-18-12-14-5-6-15-16(11-14)20-10-4-9-19-15/h5-6,11,18H,2-4,7-10,12-13H2,1H3. The van der Waals surface area contributed by atoms with Crippen molar-refractivity contribution in [1.29, 1.82) is 0 Å². The Morgan fingerprint density at radius 3 is 2.62 bits per heavy atom. The Hall–Kier alpha value is -0.870. The molecule has 21 heavy (non-hydrogen) atoms. The molecule has 1 aromatic rings. The number of nitrogens with one attached hydrogen (secondary N) is 1. The van der Waals surface area contributed by atoms with Crippen LogP contribution in [0.4, 0.5) is 0 Å². The quantitative estimate of drug-likeness (QED) is 0.900. The molecule has 116 valence electrons. The van der Waals surface area contributed by atoms with Crippen molar-refractivity contribution < 1.29 is 9.47 Å². The number of rotatable bonds is 5. The molecule has 1 fully saturated rings. The van der Waals surface area contributed by atoms with E-state index in [2.05, 4.69) is 23.7 Å². The second-order valence-corrected chi connectivity index (χ2v) is 7.30. The molecule has 1 aliphatic carbocycles. The molecule has 2 aliphatic rings. The molecule has 3 rings (SSSR count). The number of hydrogen-bond acceptors (Lipinski definition) is 4. The SMILES string of the molecule is CSC1(CNCc2ccc3c(c2)OCCCO3)CCCC1. The molecule has 3 nitrogen and oxygen atoms in total. The van der Waals surface area contributed by atoms with Crippen molar-refractivity contribution in [3.05, 3.63) is 23.8 Å². The highest BCUT2D eigenvalue weighted by Crippen LogP contribution is 2.39. The Labute approximate surface area is 131 Å². The molecule has 0 bridgehead atoms. The summed E-state index contributed by atoms with van der Waals surface area (Å²) in [7, 11) is 0. The lowest BCUT2D eigenvalue weighted by Crippen LogP contribution is -2.34. The molecule has 1 heterocycles. The van der Waals surface area contributed by atoms with Gasteiger partial charge in [0, 0.05) is 24.3 Å². The van der Waals surface area contributed by atoms with E-state index in [9.17, 15) is 0 Å². The van der Waals surface area contributed by atoms with Gasteiger partial charge in [-0.1, -0.05) is 18.9 Å². The van der Waals surface area contributed by atoms with Crippen LogP contribution in [0.2, 0.25) is 0 Å². The van der Waals surface area contributed by atoms with E-state index in [1.54, 1.807) is 0 Å². The van der Waals surface area contributed by atoms with Crippen molar-refractivity contribution in [3.8, 4) is 11.5 Å². The fraction of sp³-hybridized carbons (Fsp3) is 0.647. The number of fused-ring (bicyclic) bond motifs is 1. The fourth-order valence-electron chi connectivity index (χ4n) is 3.22. The van der Waals surface area contributed by atoms with Gasteiger partial charge in [0.25, 0.3) is 0 Å². The van der Waals surface area contributed by atoms with Crippen molar-refractivity contribution in [1.82, 2.24) is 5.32 Å². The topological polar surface area (TPSA) is 30.5 Å². The van der Waals surface area contributed by atoms with Gasteiger partial charge in [0.2, 0.25) is 0 Å². The summed E-state index contributed by atoms with van der Waals surface area (Å²) in [5.74, 6) is 1.78. The lowest BCUT2D eigenvalue weighted by molar-refractivity contribution is 0.297. The summed E-state index contributed by atoms with van der Waals surface area (Å²) in [5.41, 5.74) is 1.27. The van der Waals surface area contributed by atoms with Crippen LogP contribution in [0.15, 0.2) is 18.2 Å². The van der Waals surface area contributed by atoms with Crippen LogP contribution in [0.3, 0.4) is 0 Å². The lowest BCUT2D eigenvalue weighted by atomic mass is 10.1. The van der Waals surface area contributed by atoms with E-state index in [1.807, 2.05) is 17.8 Å². The zero-order valence-electron chi connectivity index (χ0n) is 12.8. The van der Waals surface area contributed by atoms with Gasteiger partial charge in [0.1, 0.15) is 0 Å². The predicted octanol–water partition coefficient (Wildman–Crippen LogP) is 3.61. The van der Waals surface area contributed by atoms with Crippen molar-refractivity contribution in [3.63, 3.8) is 0 Å². The van der Waals surface area contributed by atoms with Crippen LogP contribution < -0.4 is 14.8 Å². The zero-order chi connectivity index (χ0) is 14.5. The smallest absolute Gasteiger partial charge is 0.161 e. The molecule has 0 amide bonds. The Balaban J connectivity index is 1.57. The minimum atomic E-state index is 0.464. The summed E-state index contributed by atoms with van der Waals surface area (Å²) in [4.78, 5) is 0. The third-order valence-electron chi connectivity index (χ3n) is 4.54. The van der Waals surface area contributed by atoms with E-state index >= 15 is 0 Å². The number of ether oxygens (including phenoxy) is 2. The van der Waals surface area contributed by atoms with Gasteiger partial charge in [-0.25, -0.2) is 0 Å². The normalized spacial score (nSPS) is 20.2. The fourth-order valence-corrected chi connectivity index (χ4v) is 4.17. The number of thioether (sulfide) groups is 1. The first-order valence-electron chi connectivity index (χ1n) is 7.96. The van der Waals surface area contributed by atoms with Gasteiger partial charge in [0.15, 0.2) is 11.5 Å². The van der Waals surface area contributed by atoms with Crippen molar-refractivity contribution in [2.24, 2.45) is 0 Å². The maximum atomic E-state index is 5.75. The lowest BCUT2D eigenvalue weighted by Gasteiger charge is -2.27. The van der Waals surface area contributed by atoms with Crippen LogP contribution in [-0.2, 0) is 6.54 Å². The van der Waals surface area contributed by atoms with Crippen LogP contribution >= 0.6 is 11.8 Å². The molecule has 1 N–H and O–H groups in total. The van der Waals surface area contributed by atoms with Gasteiger partial charge in [-0.3, -0.25) is 0 Å². The van der Waals surface area contributed by atoms with Gasteiger partial charge < -0.3 is 14.8 Å². The second-order valence-electron chi connectivity index (χ2n) is 6.03.